The van der Waals surface area contributed by atoms with E-state index in [0.717, 1.165) is 23.8 Å². The molecule has 0 bridgehead atoms. The molecular formula is C21H20F2FeN2O2. The van der Waals surface area contributed by atoms with Crippen LogP contribution in [0.25, 0.3) is 0 Å². The molecule has 0 aromatic heterocycles. The van der Waals surface area contributed by atoms with E-state index in [-0.39, 0.29) is 17.1 Å². The molecule has 148 valence electrons. The van der Waals surface area contributed by atoms with E-state index in [9.17, 15) is 18.4 Å². The first-order chi connectivity index (χ1) is 13.0. The van der Waals surface area contributed by atoms with Crippen LogP contribution in [-0.4, -0.2) is 17.9 Å². The molecule has 2 N–H and O–H groups in total. The second-order valence-electron chi connectivity index (χ2n) is 5.77. The van der Waals surface area contributed by atoms with Gasteiger partial charge in [0.25, 0.3) is 5.91 Å². The molecule has 7 heteroatoms. The van der Waals surface area contributed by atoms with Crippen LogP contribution in [0.5, 0.6) is 0 Å². The fourth-order valence-corrected chi connectivity index (χ4v) is 2.24. The van der Waals surface area contributed by atoms with Crippen LogP contribution in [0, 0.1) is 11.6 Å². The topological polar surface area (TPSA) is 58.2 Å². The van der Waals surface area contributed by atoms with Crippen molar-refractivity contribution in [2.45, 2.75) is 19.5 Å². The number of halogens is 2. The zero-order chi connectivity index (χ0) is 19.6. The number of hydrogen-bond donors (Lipinski definition) is 2. The van der Waals surface area contributed by atoms with Gasteiger partial charge < -0.3 is 10.6 Å². The first-order valence-electron chi connectivity index (χ1n) is 8.39. The first-order valence-corrected chi connectivity index (χ1v) is 8.39. The van der Waals surface area contributed by atoms with Crippen LogP contribution in [0.4, 0.5) is 8.78 Å². The average molecular weight is 426 g/mol. The molecule has 0 radical (unpaired) electrons. The van der Waals surface area contributed by atoms with Crippen LogP contribution in [0.1, 0.15) is 22.8 Å². The minimum Gasteiger partial charge on any atom is -0.362 e. The Kier molecular flexibility index (Phi) is 9.85. The normalized spacial score (nSPS) is 10.7. The van der Waals surface area contributed by atoms with Gasteiger partial charge in [-0.05, 0) is 25.6 Å². The maximum atomic E-state index is 13.5. The molecule has 1 atom stereocenters. The summed E-state index contributed by atoms with van der Waals surface area (Å²) in [6.07, 6.45) is 0. The van der Waals surface area contributed by atoms with Crippen molar-refractivity contribution in [3.8, 4) is 0 Å². The van der Waals surface area contributed by atoms with Gasteiger partial charge in [-0.1, -0.05) is 6.07 Å². The summed E-state index contributed by atoms with van der Waals surface area (Å²) in [5, 5.41) is 4.91. The molecule has 2 amide bonds. The van der Waals surface area contributed by atoms with Gasteiger partial charge in [-0.3, -0.25) is 9.59 Å². The molecule has 0 saturated heterocycles. The van der Waals surface area contributed by atoms with Crippen molar-refractivity contribution in [3.63, 3.8) is 0 Å². The van der Waals surface area contributed by atoms with Crippen molar-refractivity contribution in [1.82, 2.24) is 10.6 Å². The van der Waals surface area contributed by atoms with Gasteiger partial charge in [0.1, 0.15) is 23.2 Å². The van der Waals surface area contributed by atoms with Gasteiger partial charge in [0, 0.05) is 0 Å². The number of benzene rings is 1. The second kappa shape index (κ2) is 11.8. The smallest absolute Gasteiger partial charge is 0.362 e. The summed E-state index contributed by atoms with van der Waals surface area (Å²) < 4.78 is 27.0. The van der Waals surface area contributed by atoms with E-state index in [1.54, 1.807) is 0 Å². The maximum absolute atomic E-state index is 13.5. The second-order valence-corrected chi connectivity index (χ2v) is 5.77. The van der Waals surface area contributed by atoms with E-state index in [1.165, 1.54) is 6.92 Å². The van der Waals surface area contributed by atoms with Crippen molar-refractivity contribution in [2.24, 2.45) is 0 Å². The molecule has 0 aliphatic rings. The summed E-state index contributed by atoms with van der Waals surface area (Å²) in [5.74, 6) is -3.35. The fraction of sp³-hybridized carbons (Fsp3) is 0.143. The van der Waals surface area contributed by atoms with Gasteiger partial charge >= 0.3 is 17.1 Å². The van der Waals surface area contributed by atoms with E-state index >= 15 is 0 Å². The van der Waals surface area contributed by atoms with Crippen LogP contribution in [0.15, 0.2) is 72.8 Å². The molecule has 0 spiro atoms. The van der Waals surface area contributed by atoms with E-state index in [4.69, 9.17) is 0 Å². The SMILES string of the molecule is CC(NC(=O)c1c(F)cccc1F)C(=O)NCc1cc[cH-]c1.[Fe+2].c1cc[cH-]c1. The first kappa shape index (κ1) is 23.3. The number of rotatable bonds is 5. The van der Waals surface area contributed by atoms with Crippen LogP contribution >= 0.6 is 0 Å². The van der Waals surface area contributed by atoms with Crippen molar-refractivity contribution in [2.75, 3.05) is 0 Å². The molecule has 0 aliphatic carbocycles. The Morgan fingerprint density at radius 2 is 1.64 bits per heavy atom. The monoisotopic (exact) mass is 426 g/mol. The Labute approximate surface area is 173 Å². The van der Waals surface area contributed by atoms with E-state index < -0.39 is 35.1 Å². The molecule has 1 unspecified atom stereocenters. The molecule has 28 heavy (non-hydrogen) atoms. The predicted molar refractivity (Wildman–Crippen MR) is 99.2 cm³/mol. The third-order valence-corrected chi connectivity index (χ3v) is 3.68. The number of carbonyl (C=O) groups is 2. The third kappa shape index (κ3) is 7.10. The number of nitrogens with one attached hydrogen (secondary N) is 2. The number of carbonyl (C=O) groups excluding carboxylic acids is 2. The fourth-order valence-electron chi connectivity index (χ4n) is 2.24. The zero-order valence-electron chi connectivity index (χ0n) is 15.1. The summed E-state index contributed by atoms with van der Waals surface area (Å²) >= 11 is 0. The molecular weight excluding hydrogens is 406 g/mol. The average Bonchev–Trinajstić information content (AvgIpc) is 3.35. The third-order valence-electron chi connectivity index (χ3n) is 3.68. The molecule has 3 aromatic carbocycles. The van der Waals surface area contributed by atoms with Gasteiger partial charge in [0.15, 0.2) is 0 Å². The molecule has 0 heterocycles. The van der Waals surface area contributed by atoms with Gasteiger partial charge in [0.2, 0.25) is 5.91 Å². The molecule has 4 nitrogen and oxygen atoms in total. The van der Waals surface area contributed by atoms with Crippen molar-refractivity contribution >= 4 is 11.8 Å². The maximum Gasteiger partial charge on any atom is 2.00 e. The standard InChI is InChI=1S/C16H15F2N2O2.C5H5.Fe/c1-10(15(21)19-9-11-5-2-3-6-11)20-16(22)14-12(17)7-4-8-13(14)18;1-2-4-5-3-1;/h2-8,10H,9H2,1H3,(H,19,21)(H,20,22);1-5H;/q2*-1;+2. The van der Waals surface area contributed by atoms with Gasteiger partial charge in [0.05, 0.1) is 0 Å². The molecule has 3 aromatic rings. The van der Waals surface area contributed by atoms with E-state index in [2.05, 4.69) is 10.6 Å². The van der Waals surface area contributed by atoms with Crippen LogP contribution < -0.4 is 10.6 Å². The minimum absolute atomic E-state index is 0. The van der Waals surface area contributed by atoms with Crippen LogP contribution in [0.2, 0.25) is 0 Å². The van der Waals surface area contributed by atoms with Crippen LogP contribution in [-0.2, 0) is 28.4 Å². The van der Waals surface area contributed by atoms with E-state index in [1.807, 2.05) is 54.6 Å². The van der Waals surface area contributed by atoms with Gasteiger partial charge in [-0.2, -0.15) is 42.0 Å². The Hall–Kier alpha value is -2.76. The van der Waals surface area contributed by atoms with Gasteiger partial charge in [-0.25, -0.2) is 27.0 Å². The molecule has 0 aliphatic heterocycles. The number of hydrogen-bond acceptors (Lipinski definition) is 2. The minimum atomic E-state index is -0.970. The zero-order valence-corrected chi connectivity index (χ0v) is 16.2. The van der Waals surface area contributed by atoms with Crippen LogP contribution in [0.3, 0.4) is 0 Å². The molecule has 0 saturated carbocycles. The summed E-state index contributed by atoms with van der Waals surface area (Å²) in [6.45, 7) is 1.76. The van der Waals surface area contributed by atoms with Crippen molar-refractivity contribution in [1.29, 1.82) is 0 Å². The Balaban J connectivity index is 0.000000567. The summed E-state index contributed by atoms with van der Waals surface area (Å²) in [4.78, 5) is 23.7. The van der Waals surface area contributed by atoms with Crippen molar-refractivity contribution in [3.05, 3.63) is 95.6 Å². The molecule has 0 fully saturated rings. The van der Waals surface area contributed by atoms with Crippen molar-refractivity contribution < 1.29 is 35.4 Å². The largest absolute Gasteiger partial charge is 2.00 e. The van der Waals surface area contributed by atoms with Gasteiger partial charge in [-0.15, -0.1) is 0 Å². The summed E-state index contributed by atoms with van der Waals surface area (Å²) in [6, 6.07) is 19.6. The number of amides is 2. The summed E-state index contributed by atoms with van der Waals surface area (Å²) in [5.41, 5.74) is 0.227. The quantitative estimate of drug-likeness (QED) is 0.485. The Morgan fingerprint density at radius 1 is 1.00 bits per heavy atom. The predicted octanol–water partition coefficient (Wildman–Crippen LogP) is 3.52. The Bertz CT molecular complexity index is 812. The summed E-state index contributed by atoms with van der Waals surface area (Å²) in [7, 11) is 0. The molecule has 3 rings (SSSR count). The Morgan fingerprint density at radius 3 is 2.14 bits per heavy atom. The van der Waals surface area contributed by atoms with E-state index in [0.29, 0.717) is 6.54 Å².